The Kier molecular flexibility index (Phi) is 32.4. The molecule has 2 fully saturated rings. The van der Waals surface area contributed by atoms with Crippen molar-refractivity contribution in [3.05, 3.63) is 315 Å². The van der Waals surface area contributed by atoms with Crippen molar-refractivity contribution in [2.45, 2.75) is 69.2 Å². The monoisotopic (exact) mass is 1230 g/mol. The van der Waals surface area contributed by atoms with Crippen LogP contribution in [-0.4, -0.2) is 24.6 Å². The number of hydrogen-bond acceptors (Lipinski definition) is 0. The third-order valence-electron chi connectivity index (χ3n) is 15.3. The Balaban J connectivity index is 0.000000249. The van der Waals surface area contributed by atoms with E-state index in [1.54, 1.807) is 11.8 Å². The molecule has 420 valence electrons. The standard InChI is InChI=1S/2C26H24P2.2C10H15.C4.2Fe/c2*1-5-13-23(14-6-1)27(24-15-7-2-8-16-24)21-22-28(25-17-9-3-10-18-25)26-19-11-4-12-20-26;2*1-6-7(2)9(4)10(5)8(6)3;1-3-4-2;;/h2*1-20H,21-22H2;2*1-5H3;;;/q;;;;-2;;. The van der Waals surface area contributed by atoms with Gasteiger partial charge in [-0.1, -0.05) is 312 Å². The summed E-state index contributed by atoms with van der Waals surface area (Å²) in [7, 11) is -1.39. The second kappa shape index (κ2) is 37.8. The van der Waals surface area contributed by atoms with Gasteiger partial charge in [0.25, 0.3) is 0 Å². The van der Waals surface area contributed by atoms with E-state index in [9.17, 15) is 0 Å². The van der Waals surface area contributed by atoms with Gasteiger partial charge in [-0.2, -0.15) is 0 Å². The van der Waals surface area contributed by atoms with E-state index in [0.29, 0.717) is 0 Å². The number of rotatable bonds is 14. The molecule has 0 atom stereocenters. The van der Waals surface area contributed by atoms with Crippen molar-refractivity contribution in [3.8, 4) is 11.8 Å². The van der Waals surface area contributed by atoms with Crippen LogP contribution in [0.5, 0.6) is 0 Å². The van der Waals surface area contributed by atoms with Gasteiger partial charge < -0.3 is 24.7 Å². The van der Waals surface area contributed by atoms with Gasteiger partial charge in [0, 0.05) is 34.1 Å². The van der Waals surface area contributed by atoms with E-state index in [1.165, 1.54) is 126 Å². The van der Waals surface area contributed by atoms with Gasteiger partial charge in [-0.05, 0) is 158 Å². The van der Waals surface area contributed by atoms with Gasteiger partial charge in [-0.3, -0.25) is 0 Å². The molecule has 2 aliphatic carbocycles. The van der Waals surface area contributed by atoms with Gasteiger partial charge >= 0.3 is 0 Å². The summed E-state index contributed by atoms with van der Waals surface area (Å²) < 4.78 is 0. The van der Waals surface area contributed by atoms with Crippen molar-refractivity contribution in [1.82, 2.24) is 0 Å². The molecule has 6 heteroatoms. The molecule has 0 unspecified atom stereocenters. The normalized spacial score (nSPS) is 14.6. The molecule has 2 saturated carbocycles. The van der Waals surface area contributed by atoms with Crippen LogP contribution in [0.2, 0.25) is 0 Å². The molecule has 0 N–H and O–H groups in total. The molecule has 2 aliphatic rings. The minimum atomic E-state index is -0.348. The average Bonchev–Trinajstić information content (AvgIpc) is 3.95. The molecule has 0 aromatic heterocycles. The minimum Gasteiger partial charge on any atom is -0.500 e. The molecule has 10 radical (unpaired) electrons. The second-order valence-electron chi connectivity index (χ2n) is 19.8. The molecule has 0 heterocycles. The zero-order valence-corrected chi connectivity index (χ0v) is 55.2. The average molecular weight is 1230 g/mol. The Hall–Kier alpha value is -4.36. The van der Waals surface area contributed by atoms with Crippen LogP contribution in [0.15, 0.2) is 243 Å². The molecular weight excluding hydrogens is 1150 g/mol. The van der Waals surface area contributed by atoms with Crippen LogP contribution in [-0.2, 0) is 34.1 Å². The van der Waals surface area contributed by atoms with Crippen molar-refractivity contribution in [3.63, 3.8) is 0 Å². The third-order valence-corrected chi connectivity index (χ3v) is 26.1. The summed E-state index contributed by atoms with van der Waals surface area (Å²) >= 11 is 0. The summed E-state index contributed by atoms with van der Waals surface area (Å²) in [4.78, 5) is 0. The fourth-order valence-corrected chi connectivity index (χ4v) is 20.4. The predicted octanol–water partition coefficient (Wildman–Crippen LogP) is 16.6. The van der Waals surface area contributed by atoms with E-state index in [4.69, 9.17) is 12.8 Å². The van der Waals surface area contributed by atoms with Crippen LogP contribution in [0.3, 0.4) is 0 Å². The van der Waals surface area contributed by atoms with E-state index in [2.05, 4.69) is 312 Å². The van der Waals surface area contributed by atoms with Crippen LogP contribution < -0.4 is 42.4 Å². The first-order valence-electron chi connectivity index (χ1n) is 27.6. The Labute approximate surface area is 524 Å². The predicted molar refractivity (Wildman–Crippen MR) is 359 cm³/mol. The topological polar surface area (TPSA) is 0 Å². The van der Waals surface area contributed by atoms with Crippen LogP contribution in [0.1, 0.15) is 69.2 Å². The van der Waals surface area contributed by atoms with Crippen molar-refractivity contribution < 1.29 is 34.1 Å². The maximum atomic E-state index is 5.90. The molecular formula is C76H78Fe2P4-2. The number of benzene rings is 8. The van der Waals surface area contributed by atoms with Crippen molar-refractivity contribution >= 4 is 74.1 Å². The van der Waals surface area contributed by atoms with Gasteiger partial charge in [0.05, 0.1) is 0 Å². The summed E-state index contributed by atoms with van der Waals surface area (Å²) in [5.41, 5.74) is 0. The summed E-state index contributed by atoms with van der Waals surface area (Å²) in [6.07, 6.45) is 16.6. The van der Waals surface area contributed by atoms with Crippen LogP contribution >= 0.6 is 31.7 Å². The zero-order chi connectivity index (χ0) is 57.2. The first-order chi connectivity index (χ1) is 38.9. The first kappa shape index (κ1) is 70.1. The van der Waals surface area contributed by atoms with Gasteiger partial charge in [0.2, 0.25) is 0 Å². The van der Waals surface area contributed by atoms with Crippen LogP contribution in [0.25, 0.3) is 0 Å². The Morgan fingerprint density at radius 1 is 0.207 bits per heavy atom. The Bertz CT molecular complexity index is 2370. The maximum Gasteiger partial charge on any atom is 0 e. The summed E-state index contributed by atoms with van der Waals surface area (Å²) in [6, 6.07) is 88.4. The fraction of sp³-hybridized carbons (Fsp3) is 0.184. The molecule has 0 aliphatic heterocycles. The van der Waals surface area contributed by atoms with E-state index < -0.39 is 0 Å². The first-order valence-corrected chi connectivity index (χ1v) is 33.7. The maximum absolute atomic E-state index is 5.90. The van der Waals surface area contributed by atoms with Gasteiger partial charge in [0.1, 0.15) is 0 Å². The van der Waals surface area contributed by atoms with E-state index >= 15 is 0 Å². The van der Waals surface area contributed by atoms with Gasteiger partial charge in [0.15, 0.2) is 0 Å². The SMILES string of the molecule is C[C]1[C](C)[C](C)[C](C)[C]1C.C[C]1[C](C)[C](C)[C](C)[C]1C.[C-]#CC#[C-].[Fe].[Fe].c1ccc(P(CCP(c2ccccc2)c2ccccc2)c2ccccc2)cc1.c1ccc(P(CCP(c2ccccc2)c2ccccc2)c2ccccc2)cc1. The zero-order valence-electron chi connectivity index (χ0n) is 49.4. The van der Waals surface area contributed by atoms with Crippen molar-refractivity contribution in [2.24, 2.45) is 0 Å². The van der Waals surface area contributed by atoms with Gasteiger partial charge in [-0.25, -0.2) is 0 Å². The molecule has 0 nitrogen and oxygen atoms in total. The minimum absolute atomic E-state index is 0. The second-order valence-corrected chi connectivity index (χ2v) is 29.1. The smallest absolute Gasteiger partial charge is 0 e. The molecule has 82 heavy (non-hydrogen) atoms. The largest absolute Gasteiger partial charge is 0.500 e. The van der Waals surface area contributed by atoms with Crippen LogP contribution in [0, 0.1) is 83.9 Å². The fourth-order valence-electron chi connectivity index (χ4n) is 9.71. The molecule has 10 rings (SSSR count). The number of hydrogen-bond donors (Lipinski definition) is 0. The quantitative estimate of drug-likeness (QED) is 0.0441. The van der Waals surface area contributed by atoms with E-state index in [-0.39, 0.29) is 65.8 Å². The summed E-state index contributed by atoms with van der Waals surface area (Å²) in [5.74, 6) is 17.9. The molecule has 0 saturated heterocycles. The Morgan fingerprint density at radius 3 is 0.390 bits per heavy atom. The Morgan fingerprint density at radius 2 is 0.305 bits per heavy atom. The summed E-state index contributed by atoms with van der Waals surface area (Å²) in [6.45, 7) is 22.0. The van der Waals surface area contributed by atoms with E-state index in [1.807, 2.05) is 0 Å². The molecule has 8 aromatic rings. The third kappa shape index (κ3) is 20.7. The van der Waals surface area contributed by atoms with Crippen LogP contribution in [0.4, 0.5) is 0 Å². The molecule has 0 bridgehead atoms. The molecule has 8 aromatic carbocycles. The van der Waals surface area contributed by atoms with Crippen molar-refractivity contribution in [2.75, 3.05) is 24.6 Å². The molecule has 0 spiro atoms. The van der Waals surface area contributed by atoms with Crippen molar-refractivity contribution in [1.29, 1.82) is 0 Å². The van der Waals surface area contributed by atoms with Gasteiger partial charge in [-0.15, -0.1) is 0 Å². The van der Waals surface area contributed by atoms with E-state index in [0.717, 1.165) is 0 Å². The molecule has 0 amide bonds. The summed E-state index contributed by atoms with van der Waals surface area (Å²) in [5, 5.41) is 11.8.